The monoisotopic (exact) mass is 400 g/mol. The summed E-state index contributed by atoms with van der Waals surface area (Å²) >= 11 is 0. The van der Waals surface area contributed by atoms with Crippen LogP contribution in [0.5, 0.6) is 0 Å². The molecule has 26 heavy (non-hydrogen) atoms. The molecule has 0 saturated carbocycles. The highest BCUT2D eigenvalue weighted by Gasteiger charge is 2.35. The van der Waals surface area contributed by atoms with Gasteiger partial charge in [-0.05, 0) is 6.42 Å². The molecule has 0 radical (unpaired) electrons. The molecule has 0 aromatic heterocycles. The minimum absolute atomic E-state index is 0.0929. The molecular weight excluding hydrogens is 367 g/mol. The Hall–Kier alpha value is -0.830. The van der Waals surface area contributed by atoms with E-state index >= 15 is 0 Å². The van der Waals surface area contributed by atoms with E-state index in [1.807, 2.05) is 0 Å². The molecule has 10 heteroatoms. The summed E-state index contributed by atoms with van der Waals surface area (Å²) in [4.78, 5) is 17.1. The molecule has 0 fully saturated rings. The van der Waals surface area contributed by atoms with Crippen LogP contribution in [-0.4, -0.2) is 42.8 Å². The average Bonchev–Trinajstić information content (AvgIpc) is 2.48. The fourth-order valence-electron chi connectivity index (χ4n) is 2.40. The van der Waals surface area contributed by atoms with Crippen LogP contribution in [-0.2, 0) is 13.8 Å². The van der Waals surface area contributed by atoms with Gasteiger partial charge in [-0.15, -0.1) is 0 Å². The normalized spacial score (nSPS) is 13.5. The van der Waals surface area contributed by atoms with Crippen LogP contribution in [0.4, 0.5) is 0 Å². The second-order valence-corrected chi connectivity index (χ2v) is 7.40. The first kappa shape index (κ1) is 25.2. The van der Waals surface area contributed by atoms with E-state index in [1.165, 1.54) is 38.5 Å². The maximum Gasteiger partial charge on any atom is 0.527 e. The van der Waals surface area contributed by atoms with Gasteiger partial charge < -0.3 is 29.7 Å². The summed E-state index contributed by atoms with van der Waals surface area (Å²) in [5.74, 6) is -6.47. The number of hydrogen-bond donors (Lipinski definition) is 6. The molecule has 0 atom stereocenters. The average molecular weight is 400 g/mol. The topological polar surface area (TPSA) is 157 Å². The van der Waals surface area contributed by atoms with Crippen molar-refractivity contribution in [1.82, 2.24) is 0 Å². The standard InChI is InChI=1S/C16H33O9P/c1-2-3-4-5-6-7-8-9-10-11-12-13-24-14(16(18,19)20)15(17)25-26(21,22)23/h17-20H,2-13H2,1H3,(H2,21,22,23). The number of aliphatic hydroxyl groups excluding tert-OH is 1. The highest BCUT2D eigenvalue weighted by atomic mass is 31.2. The minimum Gasteiger partial charge on any atom is -0.485 e. The fourth-order valence-corrected chi connectivity index (χ4v) is 2.70. The van der Waals surface area contributed by atoms with Crippen LogP contribution >= 0.6 is 7.82 Å². The highest BCUT2D eigenvalue weighted by molar-refractivity contribution is 7.46. The molecule has 0 amide bonds. The van der Waals surface area contributed by atoms with Crippen LogP contribution in [0.15, 0.2) is 11.7 Å². The van der Waals surface area contributed by atoms with Gasteiger partial charge in [-0.2, -0.15) is 0 Å². The van der Waals surface area contributed by atoms with Gasteiger partial charge in [0, 0.05) is 0 Å². The summed E-state index contributed by atoms with van der Waals surface area (Å²) in [6.07, 6.45) is 12.1. The Morgan fingerprint density at radius 2 is 1.27 bits per heavy atom. The molecule has 0 rings (SSSR count). The Labute approximate surface area is 154 Å². The second kappa shape index (κ2) is 13.4. The fraction of sp³-hybridized carbons (Fsp3) is 0.875. The van der Waals surface area contributed by atoms with Gasteiger partial charge in [-0.25, -0.2) is 4.57 Å². The van der Waals surface area contributed by atoms with Gasteiger partial charge >= 0.3 is 19.7 Å². The van der Waals surface area contributed by atoms with E-state index in [1.54, 1.807) is 0 Å². The molecule has 6 N–H and O–H groups in total. The zero-order chi connectivity index (χ0) is 20.1. The third-order valence-electron chi connectivity index (χ3n) is 3.70. The van der Waals surface area contributed by atoms with Crippen molar-refractivity contribution in [3.05, 3.63) is 11.7 Å². The lowest BCUT2D eigenvalue weighted by Crippen LogP contribution is -2.33. The molecule has 9 nitrogen and oxygen atoms in total. The quantitative estimate of drug-likeness (QED) is 0.0992. The summed E-state index contributed by atoms with van der Waals surface area (Å²) in [5, 5.41) is 36.5. The number of hydrogen-bond acceptors (Lipinski definition) is 7. The van der Waals surface area contributed by atoms with Gasteiger partial charge in [0.15, 0.2) is 0 Å². The number of unbranched alkanes of at least 4 members (excludes halogenated alkanes) is 10. The van der Waals surface area contributed by atoms with Gasteiger partial charge in [-0.3, -0.25) is 9.79 Å². The Morgan fingerprint density at radius 3 is 1.65 bits per heavy atom. The number of rotatable bonds is 16. The van der Waals surface area contributed by atoms with E-state index in [9.17, 15) is 9.67 Å². The minimum atomic E-state index is -5.14. The Bertz CT molecular complexity index is 439. The predicted molar refractivity (Wildman–Crippen MR) is 94.6 cm³/mol. The smallest absolute Gasteiger partial charge is 0.485 e. The van der Waals surface area contributed by atoms with Gasteiger partial charge in [0.1, 0.15) is 0 Å². The van der Waals surface area contributed by atoms with Crippen molar-refractivity contribution >= 4 is 7.82 Å². The summed E-state index contributed by atoms with van der Waals surface area (Å²) in [6, 6.07) is 0. The first-order chi connectivity index (χ1) is 12.1. The first-order valence-corrected chi connectivity index (χ1v) is 10.6. The lowest BCUT2D eigenvalue weighted by atomic mass is 10.1. The number of aliphatic hydroxyl groups is 4. The van der Waals surface area contributed by atoms with Crippen molar-refractivity contribution in [1.29, 1.82) is 0 Å². The molecule has 0 heterocycles. The van der Waals surface area contributed by atoms with Crippen molar-refractivity contribution in [2.45, 2.75) is 83.5 Å². The molecule has 0 aromatic carbocycles. The van der Waals surface area contributed by atoms with Gasteiger partial charge in [0.2, 0.25) is 0 Å². The van der Waals surface area contributed by atoms with Crippen molar-refractivity contribution in [2.75, 3.05) is 6.61 Å². The molecule has 0 aliphatic rings. The zero-order valence-electron chi connectivity index (χ0n) is 15.3. The first-order valence-electron chi connectivity index (χ1n) is 9.06. The van der Waals surface area contributed by atoms with Gasteiger partial charge in [-0.1, -0.05) is 71.1 Å². The SMILES string of the molecule is CCCCCCCCCCCCCOC(=C(O)OP(=O)(O)O)C(O)(O)O. The Kier molecular flexibility index (Phi) is 12.9. The van der Waals surface area contributed by atoms with E-state index in [4.69, 9.17) is 29.8 Å². The van der Waals surface area contributed by atoms with Crippen LogP contribution in [0.25, 0.3) is 0 Å². The predicted octanol–water partition coefficient (Wildman–Crippen LogP) is 2.78. The van der Waals surface area contributed by atoms with Crippen LogP contribution in [0.2, 0.25) is 0 Å². The van der Waals surface area contributed by atoms with E-state index < -0.39 is 25.5 Å². The van der Waals surface area contributed by atoms with Crippen LogP contribution < -0.4 is 0 Å². The molecular formula is C16H33O9P. The molecule has 0 spiro atoms. The zero-order valence-corrected chi connectivity index (χ0v) is 16.2. The number of phosphoric acid groups is 1. The van der Waals surface area contributed by atoms with E-state index in [2.05, 4.69) is 11.4 Å². The van der Waals surface area contributed by atoms with E-state index in [-0.39, 0.29) is 6.61 Å². The van der Waals surface area contributed by atoms with Gasteiger partial charge in [0.05, 0.1) is 6.61 Å². The van der Waals surface area contributed by atoms with E-state index in [0.29, 0.717) is 6.42 Å². The highest BCUT2D eigenvalue weighted by Crippen LogP contribution is 2.39. The van der Waals surface area contributed by atoms with Crippen molar-refractivity contribution in [3.63, 3.8) is 0 Å². The Balaban J connectivity index is 3.94. The summed E-state index contributed by atoms with van der Waals surface area (Å²) in [7, 11) is -5.14. The van der Waals surface area contributed by atoms with Crippen molar-refractivity contribution in [3.8, 4) is 0 Å². The third kappa shape index (κ3) is 14.4. The molecule has 0 saturated heterocycles. The molecule has 0 unspecified atom stereocenters. The molecule has 156 valence electrons. The summed E-state index contributed by atoms with van der Waals surface area (Å²) < 4.78 is 19.2. The van der Waals surface area contributed by atoms with E-state index in [0.717, 1.165) is 25.7 Å². The van der Waals surface area contributed by atoms with Crippen LogP contribution in [0.1, 0.15) is 77.6 Å². The maximum absolute atomic E-state index is 10.6. The molecule has 0 bridgehead atoms. The molecule has 0 aliphatic heterocycles. The Morgan fingerprint density at radius 1 is 0.846 bits per heavy atom. The largest absolute Gasteiger partial charge is 0.527 e. The van der Waals surface area contributed by atoms with Crippen molar-refractivity contribution in [2.24, 2.45) is 0 Å². The maximum atomic E-state index is 10.6. The number of phosphoric ester groups is 1. The lowest BCUT2D eigenvalue weighted by Gasteiger charge is -2.19. The third-order valence-corrected chi connectivity index (χ3v) is 4.11. The summed E-state index contributed by atoms with van der Waals surface area (Å²) in [6.45, 7) is 2.10. The number of ether oxygens (including phenoxy) is 1. The molecule has 0 aliphatic carbocycles. The van der Waals surface area contributed by atoms with Crippen molar-refractivity contribution < 1.29 is 44.0 Å². The van der Waals surface area contributed by atoms with Crippen LogP contribution in [0, 0.1) is 0 Å². The molecule has 0 aromatic rings. The summed E-state index contributed by atoms with van der Waals surface area (Å²) in [5.41, 5.74) is 0. The lowest BCUT2D eigenvalue weighted by molar-refractivity contribution is -0.305. The van der Waals surface area contributed by atoms with Crippen LogP contribution in [0.3, 0.4) is 0 Å². The second-order valence-electron chi connectivity index (χ2n) is 6.24. The van der Waals surface area contributed by atoms with Gasteiger partial charge in [0.25, 0.3) is 5.76 Å².